The molecular weight excluding hydrogens is 304 g/mol. The Kier molecular flexibility index (Phi) is 5.28. The fourth-order valence-electron chi connectivity index (χ4n) is 2.32. The van der Waals surface area contributed by atoms with Crippen LogP contribution in [0.4, 0.5) is 5.69 Å². The van der Waals surface area contributed by atoms with Crippen LogP contribution in [0.5, 0.6) is 5.75 Å². The molecule has 1 aromatic carbocycles. The van der Waals surface area contributed by atoms with Gasteiger partial charge in [-0.15, -0.1) is 0 Å². The summed E-state index contributed by atoms with van der Waals surface area (Å²) in [4.78, 5) is 13.8. The van der Waals surface area contributed by atoms with E-state index in [0.29, 0.717) is 11.4 Å². The smallest absolute Gasteiger partial charge is 0.260 e. The van der Waals surface area contributed by atoms with E-state index >= 15 is 0 Å². The maximum absolute atomic E-state index is 12.0. The summed E-state index contributed by atoms with van der Waals surface area (Å²) >= 11 is 0. The Morgan fingerprint density at radius 1 is 1.18 bits per heavy atom. The summed E-state index contributed by atoms with van der Waals surface area (Å²) in [6.07, 6.45) is 4.44. The van der Waals surface area contributed by atoms with Crippen LogP contribution in [-0.2, 0) is 14.8 Å². The highest BCUT2D eigenvalue weighted by Gasteiger charge is 2.17. The van der Waals surface area contributed by atoms with Crippen molar-refractivity contribution in [1.29, 1.82) is 0 Å². The molecular formula is C15H22N2O4S. The molecule has 1 heterocycles. The zero-order valence-corrected chi connectivity index (χ0v) is 13.8. The van der Waals surface area contributed by atoms with Gasteiger partial charge in [0, 0.05) is 20.1 Å². The second kappa shape index (κ2) is 7.00. The number of rotatable bonds is 5. The first-order chi connectivity index (χ1) is 10.4. The summed E-state index contributed by atoms with van der Waals surface area (Å²) in [7, 11) is -1.79. The predicted octanol–water partition coefficient (Wildman–Crippen LogP) is 1.47. The lowest BCUT2D eigenvalue weighted by molar-refractivity contribution is -0.134. The number of sulfonamides is 1. The number of amides is 1. The minimum atomic E-state index is -3.28. The minimum Gasteiger partial charge on any atom is -0.484 e. The Morgan fingerprint density at radius 3 is 2.32 bits per heavy atom. The van der Waals surface area contributed by atoms with Gasteiger partial charge >= 0.3 is 0 Å². The molecule has 1 amide bonds. The topological polar surface area (TPSA) is 66.9 Å². The second-order valence-corrected chi connectivity index (χ2v) is 7.47. The molecule has 7 heteroatoms. The van der Waals surface area contributed by atoms with Gasteiger partial charge in [0.2, 0.25) is 10.0 Å². The summed E-state index contributed by atoms with van der Waals surface area (Å²) in [5.74, 6) is 0.549. The van der Waals surface area contributed by atoms with Crippen molar-refractivity contribution in [2.75, 3.05) is 37.3 Å². The molecule has 22 heavy (non-hydrogen) atoms. The van der Waals surface area contributed by atoms with Crippen molar-refractivity contribution in [2.24, 2.45) is 0 Å². The van der Waals surface area contributed by atoms with Crippen molar-refractivity contribution in [3.63, 3.8) is 0 Å². The number of carbonyl (C=O) groups is 1. The molecule has 2 rings (SSSR count). The summed E-state index contributed by atoms with van der Waals surface area (Å²) < 4.78 is 29.6. The van der Waals surface area contributed by atoms with Crippen LogP contribution in [-0.4, -0.2) is 52.2 Å². The molecule has 6 nitrogen and oxygen atoms in total. The molecule has 0 N–H and O–H groups in total. The molecule has 0 spiro atoms. The molecule has 1 aliphatic heterocycles. The number of anilines is 1. The van der Waals surface area contributed by atoms with E-state index in [0.717, 1.165) is 32.2 Å². The number of carbonyl (C=O) groups excluding carboxylic acids is 1. The minimum absolute atomic E-state index is 0.00275. The van der Waals surface area contributed by atoms with Gasteiger partial charge < -0.3 is 9.64 Å². The Morgan fingerprint density at radius 2 is 1.77 bits per heavy atom. The normalized spacial score (nSPS) is 15.5. The molecule has 1 aromatic rings. The molecule has 1 saturated heterocycles. The van der Waals surface area contributed by atoms with Gasteiger partial charge in [0.1, 0.15) is 5.75 Å². The van der Waals surface area contributed by atoms with Crippen LogP contribution < -0.4 is 9.04 Å². The summed E-state index contributed by atoms with van der Waals surface area (Å²) in [6, 6.07) is 6.64. The second-order valence-electron chi connectivity index (χ2n) is 5.45. The van der Waals surface area contributed by atoms with Gasteiger partial charge in [-0.25, -0.2) is 8.42 Å². The number of hydrogen-bond acceptors (Lipinski definition) is 4. The zero-order chi connectivity index (χ0) is 16.2. The number of benzene rings is 1. The van der Waals surface area contributed by atoms with Crippen LogP contribution in [0.15, 0.2) is 24.3 Å². The average molecular weight is 326 g/mol. The lowest BCUT2D eigenvalue weighted by atomic mass is 10.1. The predicted molar refractivity (Wildman–Crippen MR) is 85.6 cm³/mol. The largest absolute Gasteiger partial charge is 0.484 e. The third kappa shape index (κ3) is 4.37. The summed E-state index contributed by atoms with van der Waals surface area (Å²) in [5.41, 5.74) is 0.553. The van der Waals surface area contributed by atoms with Crippen LogP contribution in [0.3, 0.4) is 0 Å². The van der Waals surface area contributed by atoms with E-state index in [1.165, 1.54) is 17.8 Å². The van der Waals surface area contributed by atoms with E-state index in [1.807, 2.05) is 4.90 Å². The summed E-state index contributed by atoms with van der Waals surface area (Å²) in [5, 5.41) is 0. The number of likely N-dealkylation sites (tertiary alicyclic amines) is 1. The first-order valence-corrected chi connectivity index (χ1v) is 9.17. The zero-order valence-electron chi connectivity index (χ0n) is 13.0. The Bertz CT molecular complexity index is 607. The fraction of sp³-hybridized carbons (Fsp3) is 0.533. The van der Waals surface area contributed by atoms with Gasteiger partial charge in [-0.2, -0.15) is 0 Å². The van der Waals surface area contributed by atoms with Gasteiger partial charge in [-0.3, -0.25) is 9.10 Å². The van der Waals surface area contributed by atoms with E-state index in [1.54, 1.807) is 24.3 Å². The van der Waals surface area contributed by atoms with Crippen molar-refractivity contribution in [2.45, 2.75) is 19.3 Å². The molecule has 0 radical (unpaired) electrons. The number of nitrogens with zero attached hydrogens (tertiary/aromatic N) is 2. The highest BCUT2D eigenvalue weighted by atomic mass is 32.2. The first kappa shape index (κ1) is 16.6. The third-order valence-electron chi connectivity index (χ3n) is 3.77. The van der Waals surface area contributed by atoms with Gasteiger partial charge in [0.25, 0.3) is 5.91 Å². The van der Waals surface area contributed by atoms with E-state index in [4.69, 9.17) is 4.74 Å². The highest BCUT2D eigenvalue weighted by molar-refractivity contribution is 7.92. The van der Waals surface area contributed by atoms with Gasteiger partial charge in [0.05, 0.1) is 11.9 Å². The molecule has 0 aromatic heterocycles. The molecule has 0 bridgehead atoms. The lowest BCUT2D eigenvalue weighted by Crippen LogP contribution is -2.38. The number of ether oxygens (including phenoxy) is 1. The maximum Gasteiger partial charge on any atom is 0.260 e. The van der Waals surface area contributed by atoms with Crippen LogP contribution in [0.2, 0.25) is 0 Å². The van der Waals surface area contributed by atoms with E-state index < -0.39 is 10.0 Å². The average Bonchev–Trinajstić information content (AvgIpc) is 2.52. The number of hydrogen-bond donors (Lipinski definition) is 0. The molecule has 0 saturated carbocycles. The molecule has 0 aliphatic carbocycles. The lowest BCUT2D eigenvalue weighted by Gasteiger charge is -2.26. The van der Waals surface area contributed by atoms with Crippen molar-refractivity contribution in [1.82, 2.24) is 4.90 Å². The monoisotopic (exact) mass is 326 g/mol. The van der Waals surface area contributed by atoms with Crippen molar-refractivity contribution in [3.05, 3.63) is 24.3 Å². The maximum atomic E-state index is 12.0. The fourth-order valence-corrected chi connectivity index (χ4v) is 2.83. The van der Waals surface area contributed by atoms with E-state index in [9.17, 15) is 13.2 Å². The van der Waals surface area contributed by atoms with Gasteiger partial charge in [-0.05, 0) is 43.5 Å². The van der Waals surface area contributed by atoms with Crippen LogP contribution in [0, 0.1) is 0 Å². The Labute approximate surface area is 131 Å². The third-order valence-corrected chi connectivity index (χ3v) is 4.97. The standard InChI is InChI=1S/C15H22N2O4S/c1-16(22(2,19)20)13-6-8-14(9-7-13)21-12-15(18)17-10-4-3-5-11-17/h6-9H,3-5,10-12H2,1-2H3. The van der Waals surface area contributed by atoms with E-state index in [2.05, 4.69) is 0 Å². The van der Waals surface area contributed by atoms with Crippen LogP contribution in [0.25, 0.3) is 0 Å². The molecule has 0 unspecified atom stereocenters. The molecule has 1 fully saturated rings. The Balaban J connectivity index is 1.90. The van der Waals surface area contributed by atoms with Crippen LogP contribution >= 0.6 is 0 Å². The summed E-state index contributed by atoms with van der Waals surface area (Å²) in [6.45, 7) is 1.63. The van der Waals surface area contributed by atoms with Crippen molar-refractivity contribution in [3.8, 4) is 5.75 Å². The molecule has 1 aliphatic rings. The van der Waals surface area contributed by atoms with Gasteiger partial charge in [-0.1, -0.05) is 0 Å². The van der Waals surface area contributed by atoms with Crippen molar-refractivity contribution >= 4 is 21.6 Å². The molecule has 0 atom stereocenters. The van der Waals surface area contributed by atoms with Gasteiger partial charge in [0.15, 0.2) is 6.61 Å². The molecule has 122 valence electrons. The number of piperidine rings is 1. The Hall–Kier alpha value is -1.76. The highest BCUT2D eigenvalue weighted by Crippen LogP contribution is 2.20. The first-order valence-electron chi connectivity index (χ1n) is 7.32. The van der Waals surface area contributed by atoms with Crippen LogP contribution in [0.1, 0.15) is 19.3 Å². The quantitative estimate of drug-likeness (QED) is 0.822. The van der Waals surface area contributed by atoms with E-state index in [-0.39, 0.29) is 12.5 Å². The van der Waals surface area contributed by atoms with Crippen molar-refractivity contribution < 1.29 is 17.9 Å². The SMILES string of the molecule is CN(c1ccc(OCC(=O)N2CCCCC2)cc1)S(C)(=O)=O.